The van der Waals surface area contributed by atoms with Gasteiger partial charge >= 0.3 is 0 Å². The Hall–Kier alpha value is -0.320. The minimum atomic E-state index is -0.247. The molecule has 2 N–H and O–H groups in total. The smallest absolute Gasteiger partial charge is 0.138 e. The molecule has 0 radical (unpaired) electrons. The zero-order chi connectivity index (χ0) is 7.72. The van der Waals surface area contributed by atoms with Crippen LogP contribution in [0.5, 0.6) is 0 Å². The van der Waals surface area contributed by atoms with Gasteiger partial charge in [0.25, 0.3) is 0 Å². The van der Waals surface area contributed by atoms with Crippen LogP contribution in [0.1, 0.15) is 5.56 Å². The number of benzene rings is 1. The molecule has 0 atom stereocenters. The van der Waals surface area contributed by atoms with Crippen molar-refractivity contribution in [3.8, 4) is 0 Å². The molecule has 0 unspecified atom stereocenters. The predicted molar refractivity (Wildman–Crippen MR) is 48.3 cm³/mol. The summed E-state index contributed by atoms with van der Waals surface area (Å²) in [6, 6.07) is 3.10. The van der Waals surface area contributed by atoms with Gasteiger partial charge in [-0.2, -0.15) is 0 Å². The summed E-state index contributed by atoms with van der Waals surface area (Å²) < 4.78 is 13.2. The number of anilines is 1. The van der Waals surface area contributed by atoms with Crippen molar-refractivity contribution >= 4 is 28.3 Å². The zero-order valence-electron chi connectivity index (χ0n) is 5.49. The quantitative estimate of drug-likeness (QED) is 0.555. The minimum Gasteiger partial charge on any atom is -0.398 e. The van der Waals surface area contributed by atoms with Gasteiger partial charge in [-0.05, 0) is 41.1 Å². The molecule has 0 amide bonds. The summed E-state index contributed by atoms with van der Waals surface area (Å²) in [6.07, 6.45) is 0. The molecule has 1 aromatic rings. The van der Waals surface area contributed by atoms with Crippen LogP contribution in [0, 0.1) is 16.3 Å². The van der Waals surface area contributed by atoms with Gasteiger partial charge in [0.15, 0.2) is 0 Å². The average molecular weight is 251 g/mol. The van der Waals surface area contributed by atoms with Gasteiger partial charge in [-0.25, -0.2) is 4.39 Å². The second kappa shape index (κ2) is 2.74. The van der Waals surface area contributed by atoms with E-state index in [0.717, 1.165) is 5.56 Å². The van der Waals surface area contributed by atoms with E-state index in [-0.39, 0.29) is 5.82 Å². The maximum absolute atomic E-state index is 12.7. The Balaban J connectivity index is 3.34. The van der Waals surface area contributed by atoms with Crippen molar-refractivity contribution in [3.05, 3.63) is 27.1 Å². The van der Waals surface area contributed by atoms with Gasteiger partial charge in [-0.15, -0.1) is 0 Å². The molecule has 3 heteroatoms. The molecular formula is C7H7FIN. The van der Waals surface area contributed by atoms with Crippen molar-refractivity contribution in [2.24, 2.45) is 0 Å². The Bertz CT molecular complexity index is 233. The number of halogens is 2. The molecule has 1 rings (SSSR count). The van der Waals surface area contributed by atoms with E-state index in [1.54, 1.807) is 6.07 Å². The van der Waals surface area contributed by atoms with Gasteiger partial charge in [0, 0.05) is 0 Å². The Morgan fingerprint density at radius 2 is 2.10 bits per heavy atom. The number of nitrogen functional groups attached to an aromatic ring is 1. The Morgan fingerprint density at radius 1 is 1.50 bits per heavy atom. The van der Waals surface area contributed by atoms with Crippen molar-refractivity contribution in [1.29, 1.82) is 0 Å². The lowest BCUT2D eigenvalue weighted by Crippen LogP contribution is -1.95. The van der Waals surface area contributed by atoms with E-state index in [4.69, 9.17) is 5.73 Å². The summed E-state index contributed by atoms with van der Waals surface area (Å²) in [5.41, 5.74) is 7.00. The Labute approximate surface area is 72.6 Å². The fraction of sp³-hybridized carbons (Fsp3) is 0.143. The first-order valence-corrected chi connectivity index (χ1v) is 3.91. The number of hydrogen-bond acceptors (Lipinski definition) is 1. The van der Waals surface area contributed by atoms with Crippen molar-refractivity contribution in [2.75, 3.05) is 5.73 Å². The van der Waals surface area contributed by atoms with E-state index < -0.39 is 0 Å². The maximum Gasteiger partial charge on any atom is 0.138 e. The van der Waals surface area contributed by atoms with Crippen molar-refractivity contribution in [2.45, 2.75) is 6.92 Å². The highest BCUT2D eigenvalue weighted by molar-refractivity contribution is 14.1. The van der Waals surface area contributed by atoms with Gasteiger partial charge in [0.2, 0.25) is 0 Å². The molecular weight excluding hydrogens is 244 g/mol. The summed E-state index contributed by atoms with van der Waals surface area (Å²) in [5.74, 6) is -0.247. The third kappa shape index (κ3) is 1.23. The van der Waals surface area contributed by atoms with Crippen LogP contribution in [0.2, 0.25) is 0 Å². The van der Waals surface area contributed by atoms with E-state index >= 15 is 0 Å². The molecule has 0 heterocycles. The predicted octanol–water partition coefficient (Wildman–Crippen LogP) is 2.32. The molecule has 0 aliphatic carbocycles. The van der Waals surface area contributed by atoms with Gasteiger partial charge in [0.1, 0.15) is 5.82 Å². The fourth-order valence-corrected chi connectivity index (χ4v) is 1.27. The molecule has 10 heavy (non-hydrogen) atoms. The van der Waals surface area contributed by atoms with Crippen LogP contribution in [0.15, 0.2) is 12.1 Å². The van der Waals surface area contributed by atoms with Gasteiger partial charge in [-0.1, -0.05) is 6.07 Å². The lowest BCUT2D eigenvalue weighted by molar-refractivity contribution is 0.621. The van der Waals surface area contributed by atoms with Crippen LogP contribution in [0.4, 0.5) is 10.1 Å². The van der Waals surface area contributed by atoms with Crippen molar-refractivity contribution in [3.63, 3.8) is 0 Å². The second-order valence-electron chi connectivity index (χ2n) is 2.09. The van der Waals surface area contributed by atoms with Crippen molar-refractivity contribution < 1.29 is 4.39 Å². The highest BCUT2D eigenvalue weighted by atomic mass is 127. The third-order valence-corrected chi connectivity index (χ3v) is 2.45. The molecule has 54 valence electrons. The molecule has 0 aliphatic rings. The first kappa shape index (κ1) is 7.78. The van der Waals surface area contributed by atoms with E-state index in [2.05, 4.69) is 0 Å². The van der Waals surface area contributed by atoms with Crippen LogP contribution in [-0.4, -0.2) is 0 Å². The van der Waals surface area contributed by atoms with E-state index in [0.29, 0.717) is 9.26 Å². The Morgan fingerprint density at radius 3 is 2.60 bits per heavy atom. The number of rotatable bonds is 0. The highest BCUT2D eigenvalue weighted by Gasteiger charge is 2.03. The number of aryl methyl sites for hydroxylation is 1. The largest absolute Gasteiger partial charge is 0.398 e. The molecule has 1 aromatic carbocycles. The van der Waals surface area contributed by atoms with Crippen LogP contribution in [0.25, 0.3) is 0 Å². The highest BCUT2D eigenvalue weighted by Crippen LogP contribution is 2.21. The number of nitrogens with two attached hydrogens (primary N) is 1. The van der Waals surface area contributed by atoms with Crippen LogP contribution in [0.3, 0.4) is 0 Å². The SMILES string of the molecule is Cc1ccc(F)c(I)c1N. The molecule has 1 nitrogen and oxygen atoms in total. The topological polar surface area (TPSA) is 26.0 Å². The molecule has 0 bridgehead atoms. The molecule has 0 spiro atoms. The van der Waals surface area contributed by atoms with Gasteiger partial charge < -0.3 is 5.73 Å². The molecule has 0 aliphatic heterocycles. The second-order valence-corrected chi connectivity index (χ2v) is 3.17. The normalized spacial score (nSPS) is 9.90. The fourth-order valence-electron chi connectivity index (χ4n) is 0.663. The van der Waals surface area contributed by atoms with Crippen molar-refractivity contribution in [1.82, 2.24) is 0 Å². The van der Waals surface area contributed by atoms with Crippen LogP contribution < -0.4 is 5.73 Å². The summed E-state index contributed by atoms with van der Waals surface area (Å²) in [5, 5.41) is 0. The molecule has 0 aromatic heterocycles. The van der Waals surface area contributed by atoms with E-state index in [1.165, 1.54) is 6.07 Å². The zero-order valence-corrected chi connectivity index (χ0v) is 7.65. The lowest BCUT2D eigenvalue weighted by atomic mass is 10.2. The first-order chi connectivity index (χ1) is 4.63. The van der Waals surface area contributed by atoms with E-state index in [1.807, 2.05) is 29.5 Å². The third-order valence-electron chi connectivity index (χ3n) is 1.35. The molecule has 0 fully saturated rings. The monoisotopic (exact) mass is 251 g/mol. The molecule has 0 saturated heterocycles. The van der Waals surface area contributed by atoms with E-state index in [9.17, 15) is 4.39 Å². The maximum atomic E-state index is 12.7. The van der Waals surface area contributed by atoms with Gasteiger partial charge in [-0.3, -0.25) is 0 Å². The average Bonchev–Trinajstić information content (AvgIpc) is 1.93. The van der Waals surface area contributed by atoms with Gasteiger partial charge in [0.05, 0.1) is 9.26 Å². The summed E-state index contributed by atoms with van der Waals surface area (Å²) >= 11 is 1.89. The van der Waals surface area contributed by atoms with Crippen LogP contribution >= 0.6 is 22.6 Å². The minimum absolute atomic E-state index is 0.247. The first-order valence-electron chi connectivity index (χ1n) is 2.83. The van der Waals surface area contributed by atoms with Crippen LogP contribution in [-0.2, 0) is 0 Å². The molecule has 0 saturated carbocycles. The lowest BCUT2D eigenvalue weighted by Gasteiger charge is -2.01. The Kier molecular flexibility index (Phi) is 2.13. The summed E-state index contributed by atoms with van der Waals surface area (Å²) in [4.78, 5) is 0. The number of hydrogen-bond donors (Lipinski definition) is 1. The summed E-state index contributed by atoms with van der Waals surface area (Å²) in [6.45, 7) is 1.86. The standard InChI is InChI=1S/C7H7FIN/c1-4-2-3-5(8)6(9)7(4)10/h2-3H,10H2,1H3. The summed E-state index contributed by atoms with van der Waals surface area (Å²) in [7, 11) is 0.